The first-order valence-corrected chi connectivity index (χ1v) is 6.72. The lowest BCUT2D eigenvalue weighted by molar-refractivity contribution is -0.138. The predicted molar refractivity (Wildman–Crippen MR) is 82.9 cm³/mol. The Hall–Kier alpha value is -2.49. The predicted octanol–water partition coefficient (Wildman–Crippen LogP) is 3.55. The maximum Gasteiger partial charge on any atom is 0.330 e. The van der Waals surface area contributed by atoms with Crippen molar-refractivity contribution in [3.8, 4) is 5.75 Å². The van der Waals surface area contributed by atoms with Gasteiger partial charge in [0.05, 0.1) is 7.11 Å². The summed E-state index contributed by atoms with van der Waals surface area (Å²) in [7, 11) is 1.58. The number of carboxylic acid groups (broad SMARTS) is 1. The molecule has 0 saturated heterocycles. The number of hydrogen-bond donors (Lipinski definition) is 2. The largest absolute Gasteiger partial charge is 0.497 e. The van der Waals surface area contributed by atoms with Crippen molar-refractivity contribution in [3.05, 3.63) is 59.2 Å². The van der Waals surface area contributed by atoms with E-state index in [0.29, 0.717) is 11.4 Å². The van der Waals surface area contributed by atoms with E-state index in [4.69, 9.17) is 4.74 Å². The number of ether oxygens (including phenoxy) is 1. The first-order chi connectivity index (χ1) is 10.0. The third-order valence-corrected chi connectivity index (χ3v) is 3.37. The number of aryl methyl sites for hydroxylation is 2. The van der Waals surface area contributed by atoms with Gasteiger partial charge >= 0.3 is 5.97 Å². The van der Waals surface area contributed by atoms with Crippen LogP contribution in [0.15, 0.2) is 42.5 Å². The topological polar surface area (TPSA) is 58.6 Å². The maximum atomic E-state index is 11.6. The summed E-state index contributed by atoms with van der Waals surface area (Å²) in [4.78, 5) is 11.6. The Labute approximate surface area is 124 Å². The molecule has 1 unspecified atom stereocenters. The number of carboxylic acids is 1. The summed E-state index contributed by atoms with van der Waals surface area (Å²) >= 11 is 0. The molecule has 0 fully saturated rings. The van der Waals surface area contributed by atoms with Crippen LogP contribution in [0.2, 0.25) is 0 Å². The van der Waals surface area contributed by atoms with E-state index in [0.717, 1.165) is 16.7 Å². The van der Waals surface area contributed by atoms with E-state index >= 15 is 0 Å². The van der Waals surface area contributed by atoms with Crippen LogP contribution in [0.25, 0.3) is 0 Å². The molecular formula is C17H19NO3. The zero-order chi connectivity index (χ0) is 15.4. The molecule has 0 bridgehead atoms. The van der Waals surface area contributed by atoms with Crippen molar-refractivity contribution in [2.24, 2.45) is 0 Å². The number of carbonyl (C=O) groups is 1. The Morgan fingerprint density at radius 3 is 2.62 bits per heavy atom. The molecule has 0 spiro atoms. The standard InChI is InChI=1S/C17H19NO3/c1-11-7-8-12(2)15(9-11)16(17(19)20)18-13-5-4-6-14(10-13)21-3/h4-10,16,18H,1-3H3,(H,19,20). The maximum absolute atomic E-state index is 11.6. The third kappa shape index (κ3) is 3.54. The van der Waals surface area contributed by atoms with Crippen LogP contribution < -0.4 is 10.1 Å². The van der Waals surface area contributed by atoms with E-state index < -0.39 is 12.0 Å². The highest BCUT2D eigenvalue weighted by atomic mass is 16.5. The minimum absolute atomic E-state index is 0.685. The van der Waals surface area contributed by atoms with Gasteiger partial charge < -0.3 is 15.2 Å². The molecular weight excluding hydrogens is 266 g/mol. The quantitative estimate of drug-likeness (QED) is 0.882. The monoisotopic (exact) mass is 285 g/mol. The molecule has 2 rings (SSSR count). The van der Waals surface area contributed by atoms with Crippen molar-refractivity contribution < 1.29 is 14.6 Å². The second-order valence-corrected chi connectivity index (χ2v) is 5.01. The van der Waals surface area contributed by atoms with Gasteiger partial charge in [0.1, 0.15) is 5.75 Å². The van der Waals surface area contributed by atoms with Crippen molar-refractivity contribution in [2.75, 3.05) is 12.4 Å². The second-order valence-electron chi connectivity index (χ2n) is 5.01. The van der Waals surface area contributed by atoms with E-state index in [1.807, 2.05) is 50.2 Å². The van der Waals surface area contributed by atoms with Crippen LogP contribution in [-0.4, -0.2) is 18.2 Å². The third-order valence-electron chi connectivity index (χ3n) is 3.37. The molecule has 4 heteroatoms. The average Bonchev–Trinajstić information content (AvgIpc) is 2.47. The van der Waals surface area contributed by atoms with Gasteiger partial charge in [-0.3, -0.25) is 0 Å². The molecule has 110 valence electrons. The summed E-state index contributed by atoms with van der Waals surface area (Å²) in [6.07, 6.45) is 0. The summed E-state index contributed by atoms with van der Waals surface area (Å²) in [5.74, 6) is -0.225. The van der Waals surface area contributed by atoms with E-state index in [1.54, 1.807) is 13.2 Å². The van der Waals surface area contributed by atoms with Crippen LogP contribution in [-0.2, 0) is 4.79 Å². The molecule has 1 atom stereocenters. The number of hydrogen-bond acceptors (Lipinski definition) is 3. The average molecular weight is 285 g/mol. The Balaban J connectivity index is 2.35. The lowest BCUT2D eigenvalue weighted by Gasteiger charge is -2.19. The van der Waals surface area contributed by atoms with Crippen molar-refractivity contribution in [1.29, 1.82) is 0 Å². The number of rotatable bonds is 5. The van der Waals surface area contributed by atoms with Crippen LogP contribution >= 0.6 is 0 Å². The number of anilines is 1. The molecule has 0 aliphatic rings. The zero-order valence-corrected chi connectivity index (χ0v) is 12.4. The molecule has 0 saturated carbocycles. The fourth-order valence-electron chi connectivity index (χ4n) is 2.22. The molecule has 0 aliphatic heterocycles. The number of nitrogens with one attached hydrogen (secondary N) is 1. The fraction of sp³-hybridized carbons (Fsp3) is 0.235. The molecule has 2 aromatic carbocycles. The molecule has 0 heterocycles. The summed E-state index contributed by atoms with van der Waals surface area (Å²) in [6.45, 7) is 3.87. The van der Waals surface area contributed by atoms with Crippen molar-refractivity contribution in [1.82, 2.24) is 0 Å². The van der Waals surface area contributed by atoms with Crippen LogP contribution in [0.5, 0.6) is 5.75 Å². The minimum Gasteiger partial charge on any atom is -0.497 e. The van der Waals surface area contributed by atoms with Crippen molar-refractivity contribution in [3.63, 3.8) is 0 Å². The van der Waals surface area contributed by atoms with Gasteiger partial charge in [0, 0.05) is 11.8 Å². The van der Waals surface area contributed by atoms with Gasteiger partial charge in [-0.15, -0.1) is 0 Å². The zero-order valence-electron chi connectivity index (χ0n) is 12.4. The Kier molecular flexibility index (Phi) is 4.48. The molecule has 2 aromatic rings. The molecule has 0 aliphatic carbocycles. The van der Waals surface area contributed by atoms with E-state index in [1.165, 1.54) is 0 Å². The van der Waals surface area contributed by atoms with Gasteiger partial charge in [0.25, 0.3) is 0 Å². The van der Waals surface area contributed by atoms with Gasteiger partial charge in [-0.05, 0) is 37.1 Å². The second kappa shape index (κ2) is 6.31. The van der Waals surface area contributed by atoms with Gasteiger partial charge in [0.15, 0.2) is 6.04 Å². The van der Waals surface area contributed by atoms with Gasteiger partial charge in [-0.2, -0.15) is 0 Å². The SMILES string of the molecule is COc1cccc(NC(C(=O)O)c2cc(C)ccc2C)c1. The van der Waals surface area contributed by atoms with E-state index in [-0.39, 0.29) is 0 Å². The summed E-state index contributed by atoms with van der Waals surface area (Å²) in [5, 5.41) is 12.6. The summed E-state index contributed by atoms with van der Waals surface area (Å²) in [6, 6.07) is 12.3. The number of benzene rings is 2. The summed E-state index contributed by atoms with van der Waals surface area (Å²) < 4.78 is 5.16. The van der Waals surface area contributed by atoms with E-state index in [9.17, 15) is 9.90 Å². The lowest BCUT2D eigenvalue weighted by atomic mass is 9.98. The van der Waals surface area contributed by atoms with Crippen LogP contribution in [0.4, 0.5) is 5.69 Å². The highest BCUT2D eigenvalue weighted by Crippen LogP contribution is 2.26. The molecule has 0 radical (unpaired) electrons. The first-order valence-electron chi connectivity index (χ1n) is 6.72. The smallest absolute Gasteiger partial charge is 0.330 e. The van der Waals surface area contributed by atoms with Crippen molar-refractivity contribution in [2.45, 2.75) is 19.9 Å². The van der Waals surface area contributed by atoms with Crippen LogP contribution in [0, 0.1) is 13.8 Å². The molecule has 2 N–H and O–H groups in total. The first kappa shape index (κ1) is 14.9. The molecule has 21 heavy (non-hydrogen) atoms. The van der Waals surface area contributed by atoms with Gasteiger partial charge in [-0.25, -0.2) is 4.79 Å². The van der Waals surface area contributed by atoms with Crippen molar-refractivity contribution >= 4 is 11.7 Å². The molecule has 4 nitrogen and oxygen atoms in total. The summed E-state index contributed by atoms with van der Waals surface area (Å²) in [5.41, 5.74) is 3.46. The Bertz CT molecular complexity index is 652. The van der Waals surface area contributed by atoms with E-state index in [2.05, 4.69) is 5.32 Å². The minimum atomic E-state index is -0.911. The number of aliphatic carboxylic acids is 1. The van der Waals surface area contributed by atoms with Gasteiger partial charge in [0.2, 0.25) is 0 Å². The van der Waals surface area contributed by atoms with Gasteiger partial charge in [-0.1, -0.05) is 29.8 Å². The number of methoxy groups -OCH3 is 1. The van der Waals surface area contributed by atoms with Crippen LogP contribution in [0.1, 0.15) is 22.7 Å². The Morgan fingerprint density at radius 2 is 1.95 bits per heavy atom. The van der Waals surface area contributed by atoms with Crippen LogP contribution in [0.3, 0.4) is 0 Å². The molecule has 0 amide bonds. The lowest BCUT2D eigenvalue weighted by Crippen LogP contribution is -2.21. The fourth-order valence-corrected chi connectivity index (χ4v) is 2.22. The Morgan fingerprint density at radius 1 is 1.19 bits per heavy atom. The normalized spacial score (nSPS) is 11.8. The highest BCUT2D eigenvalue weighted by Gasteiger charge is 2.21. The highest BCUT2D eigenvalue weighted by molar-refractivity contribution is 5.80. The molecule has 0 aromatic heterocycles.